The Bertz CT molecular complexity index is 491. The summed E-state index contributed by atoms with van der Waals surface area (Å²) < 4.78 is 0. The van der Waals surface area contributed by atoms with Crippen molar-refractivity contribution in [3.05, 3.63) is 5.01 Å². The van der Waals surface area contributed by atoms with Crippen molar-refractivity contribution < 1.29 is 9.59 Å². The van der Waals surface area contributed by atoms with Crippen LogP contribution in [0.15, 0.2) is 0 Å². The number of carbonyl (C=O) groups is 2. The van der Waals surface area contributed by atoms with Crippen molar-refractivity contribution in [2.45, 2.75) is 38.5 Å². The second-order valence-electron chi connectivity index (χ2n) is 5.11. The first-order valence-corrected chi connectivity index (χ1v) is 8.09. The highest BCUT2D eigenvalue weighted by Gasteiger charge is 2.18. The standard InChI is InChI=1S/C13H21N5O2S/c14-13-17-16-11(21-13)5-4-7-15-10(19)9-18-8-3-1-2-6-12(18)20/h1-9H2,(H2,14,17)(H,15,19). The highest BCUT2D eigenvalue weighted by atomic mass is 32.1. The molecule has 8 heteroatoms. The van der Waals surface area contributed by atoms with Gasteiger partial charge in [-0.1, -0.05) is 17.8 Å². The van der Waals surface area contributed by atoms with E-state index < -0.39 is 0 Å². The van der Waals surface area contributed by atoms with E-state index in [1.54, 1.807) is 4.90 Å². The summed E-state index contributed by atoms with van der Waals surface area (Å²) in [5.41, 5.74) is 5.50. The summed E-state index contributed by atoms with van der Waals surface area (Å²) in [7, 11) is 0. The Morgan fingerprint density at radius 1 is 1.33 bits per heavy atom. The van der Waals surface area contributed by atoms with Gasteiger partial charge in [0.2, 0.25) is 16.9 Å². The number of nitrogens with two attached hydrogens (primary N) is 1. The lowest BCUT2D eigenvalue weighted by Crippen LogP contribution is -2.40. The number of hydrogen-bond donors (Lipinski definition) is 2. The van der Waals surface area contributed by atoms with Crippen LogP contribution < -0.4 is 11.1 Å². The minimum absolute atomic E-state index is 0.0898. The molecular weight excluding hydrogens is 290 g/mol. The number of nitrogens with zero attached hydrogens (tertiary/aromatic N) is 3. The van der Waals surface area contributed by atoms with Crippen molar-refractivity contribution in [3.8, 4) is 0 Å². The maximum atomic E-state index is 11.8. The summed E-state index contributed by atoms with van der Waals surface area (Å²) in [6.45, 7) is 1.43. The summed E-state index contributed by atoms with van der Waals surface area (Å²) in [4.78, 5) is 25.3. The first-order chi connectivity index (χ1) is 10.1. The van der Waals surface area contributed by atoms with Gasteiger partial charge in [0.25, 0.3) is 0 Å². The summed E-state index contributed by atoms with van der Waals surface area (Å²) >= 11 is 1.37. The van der Waals surface area contributed by atoms with Crippen LogP contribution in [-0.4, -0.2) is 46.5 Å². The van der Waals surface area contributed by atoms with Crippen LogP contribution in [0, 0.1) is 0 Å². The van der Waals surface area contributed by atoms with E-state index in [2.05, 4.69) is 15.5 Å². The Hall–Kier alpha value is -1.70. The second-order valence-corrected chi connectivity index (χ2v) is 6.21. The Labute approximate surface area is 127 Å². The van der Waals surface area contributed by atoms with E-state index >= 15 is 0 Å². The minimum Gasteiger partial charge on any atom is -0.374 e. The van der Waals surface area contributed by atoms with Gasteiger partial charge in [0.05, 0.1) is 6.54 Å². The fourth-order valence-corrected chi connectivity index (χ4v) is 2.92. The smallest absolute Gasteiger partial charge is 0.239 e. The number of nitrogen functional groups attached to an aromatic ring is 1. The van der Waals surface area contributed by atoms with Crippen molar-refractivity contribution in [1.29, 1.82) is 0 Å². The Morgan fingerprint density at radius 2 is 2.19 bits per heavy atom. The van der Waals surface area contributed by atoms with E-state index in [0.29, 0.717) is 24.6 Å². The molecule has 116 valence electrons. The van der Waals surface area contributed by atoms with E-state index in [9.17, 15) is 9.59 Å². The van der Waals surface area contributed by atoms with Gasteiger partial charge in [-0.25, -0.2) is 0 Å². The van der Waals surface area contributed by atoms with E-state index in [1.807, 2.05) is 0 Å². The molecule has 0 radical (unpaired) electrons. The minimum atomic E-state index is -0.0953. The molecule has 0 unspecified atom stereocenters. The Balaban J connectivity index is 1.63. The number of nitrogens with one attached hydrogen (secondary N) is 1. The van der Waals surface area contributed by atoms with Gasteiger partial charge in [-0.05, 0) is 19.3 Å². The number of aryl methyl sites for hydroxylation is 1. The van der Waals surface area contributed by atoms with Crippen LogP contribution >= 0.6 is 11.3 Å². The van der Waals surface area contributed by atoms with Crippen LogP contribution in [0.3, 0.4) is 0 Å². The first kappa shape index (κ1) is 15.7. The highest BCUT2D eigenvalue weighted by Crippen LogP contribution is 2.12. The molecule has 0 aromatic carbocycles. The molecule has 1 aromatic rings. The van der Waals surface area contributed by atoms with Crippen molar-refractivity contribution >= 4 is 28.3 Å². The zero-order valence-corrected chi connectivity index (χ0v) is 12.8. The summed E-state index contributed by atoms with van der Waals surface area (Å²) in [6, 6.07) is 0. The number of aromatic nitrogens is 2. The number of rotatable bonds is 6. The van der Waals surface area contributed by atoms with Crippen LogP contribution in [0.1, 0.15) is 37.1 Å². The fourth-order valence-electron chi connectivity index (χ4n) is 2.27. The maximum absolute atomic E-state index is 11.8. The van der Waals surface area contributed by atoms with Gasteiger partial charge >= 0.3 is 0 Å². The molecule has 21 heavy (non-hydrogen) atoms. The molecule has 2 rings (SSSR count). The van der Waals surface area contributed by atoms with Crippen molar-refractivity contribution in [2.24, 2.45) is 0 Å². The molecule has 3 N–H and O–H groups in total. The van der Waals surface area contributed by atoms with Crippen molar-refractivity contribution in [3.63, 3.8) is 0 Å². The zero-order valence-electron chi connectivity index (χ0n) is 12.0. The van der Waals surface area contributed by atoms with Crippen LogP contribution in [0.2, 0.25) is 0 Å². The molecule has 1 aliphatic heterocycles. The van der Waals surface area contributed by atoms with Gasteiger partial charge in [0.1, 0.15) is 5.01 Å². The molecule has 2 heterocycles. The van der Waals surface area contributed by atoms with Crippen LogP contribution in [0.25, 0.3) is 0 Å². The third-order valence-electron chi connectivity index (χ3n) is 3.38. The molecule has 1 saturated heterocycles. The van der Waals surface area contributed by atoms with Crippen LogP contribution in [0.5, 0.6) is 0 Å². The largest absolute Gasteiger partial charge is 0.374 e. The third-order valence-corrected chi connectivity index (χ3v) is 4.19. The molecule has 7 nitrogen and oxygen atoms in total. The van der Waals surface area contributed by atoms with Gasteiger partial charge in [-0.15, -0.1) is 10.2 Å². The lowest BCUT2D eigenvalue weighted by Gasteiger charge is -2.19. The lowest BCUT2D eigenvalue weighted by molar-refractivity contribution is -0.135. The number of hydrogen-bond acceptors (Lipinski definition) is 6. The first-order valence-electron chi connectivity index (χ1n) is 7.27. The van der Waals surface area contributed by atoms with E-state index in [4.69, 9.17) is 5.73 Å². The zero-order chi connectivity index (χ0) is 15.1. The average molecular weight is 311 g/mol. The van der Waals surface area contributed by atoms with Gasteiger partial charge in [0.15, 0.2) is 0 Å². The lowest BCUT2D eigenvalue weighted by atomic mass is 10.2. The molecule has 2 amide bonds. The van der Waals surface area contributed by atoms with Gasteiger partial charge in [-0.3, -0.25) is 9.59 Å². The fraction of sp³-hybridized carbons (Fsp3) is 0.692. The second kappa shape index (κ2) is 7.92. The third kappa shape index (κ3) is 5.30. The van der Waals surface area contributed by atoms with Crippen molar-refractivity contribution in [1.82, 2.24) is 20.4 Å². The molecular formula is C13H21N5O2S. The number of likely N-dealkylation sites (tertiary alicyclic amines) is 1. The van der Waals surface area contributed by atoms with Gasteiger partial charge in [0, 0.05) is 25.9 Å². The average Bonchev–Trinajstić information content (AvgIpc) is 2.76. The molecule has 1 aromatic heterocycles. The number of anilines is 1. The van der Waals surface area contributed by atoms with E-state index in [0.717, 1.165) is 37.1 Å². The SMILES string of the molecule is Nc1nnc(CCCNC(=O)CN2CCCCCC2=O)s1. The summed E-state index contributed by atoms with van der Waals surface area (Å²) in [6.07, 6.45) is 5.08. The molecule has 0 atom stereocenters. The summed E-state index contributed by atoms with van der Waals surface area (Å²) in [5, 5.41) is 11.8. The normalized spacial score (nSPS) is 15.8. The topological polar surface area (TPSA) is 101 Å². The summed E-state index contributed by atoms with van der Waals surface area (Å²) in [5.74, 6) is -0.00554. The quantitative estimate of drug-likeness (QED) is 0.748. The monoisotopic (exact) mass is 311 g/mol. The van der Waals surface area contributed by atoms with Crippen LogP contribution in [-0.2, 0) is 16.0 Å². The van der Waals surface area contributed by atoms with E-state index in [-0.39, 0.29) is 18.4 Å². The Kier molecular flexibility index (Phi) is 5.91. The number of carbonyl (C=O) groups excluding carboxylic acids is 2. The molecule has 0 spiro atoms. The number of amides is 2. The van der Waals surface area contributed by atoms with Gasteiger partial charge in [-0.2, -0.15) is 0 Å². The van der Waals surface area contributed by atoms with Crippen LogP contribution in [0.4, 0.5) is 5.13 Å². The predicted molar refractivity (Wildman–Crippen MR) is 80.7 cm³/mol. The Morgan fingerprint density at radius 3 is 2.95 bits per heavy atom. The highest BCUT2D eigenvalue weighted by molar-refractivity contribution is 7.15. The maximum Gasteiger partial charge on any atom is 0.239 e. The predicted octanol–water partition coefficient (Wildman–Crippen LogP) is 0.572. The van der Waals surface area contributed by atoms with E-state index in [1.165, 1.54) is 11.3 Å². The molecule has 0 saturated carbocycles. The molecule has 0 aliphatic carbocycles. The van der Waals surface area contributed by atoms with Gasteiger partial charge < -0.3 is 16.0 Å². The molecule has 1 fully saturated rings. The van der Waals surface area contributed by atoms with Crippen molar-refractivity contribution in [2.75, 3.05) is 25.4 Å². The molecule has 0 bridgehead atoms. The molecule has 1 aliphatic rings.